The van der Waals surface area contributed by atoms with Crippen molar-refractivity contribution in [1.82, 2.24) is 15.1 Å². The third kappa shape index (κ3) is 4.56. The van der Waals surface area contributed by atoms with Crippen molar-refractivity contribution in [1.29, 1.82) is 0 Å². The first-order valence-corrected chi connectivity index (χ1v) is 8.19. The van der Waals surface area contributed by atoms with Gasteiger partial charge >= 0.3 is 5.97 Å². The molecule has 1 aliphatic carbocycles. The summed E-state index contributed by atoms with van der Waals surface area (Å²) in [5.74, 6) is -0.195. The summed E-state index contributed by atoms with van der Waals surface area (Å²) in [5, 5.41) is 7.82. The van der Waals surface area contributed by atoms with Gasteiger partial charge in [0.2, 0.25) is 0 Å². The lowest BCUT2D eigenvalue weighted by atomic mass is 9.94. The number of carbonyl (C=O) groups excluding carboxylic acids is 1. The highest BCUT2D eigenvalue weighted by Gasteiger charge is 2.27. The zero-order valence-corrected chi connectivity index (χ0v) is 13.2. The molecule has 1 atom stereocenters. The molecule has 1 saturated carbocycles. The smallest absolute Gasteiger partial charge is 0.327 e. The van der Waals surface area contributed by atoms with E-state index in [0.29, 0.717) is 12.6 Å². The minimum Gasteiger partial charge on any atom is -0.465 e. The lowest BCUT2D eigenvalue weighted by molar-refractivity contribution is -0.146. The average molecular weight is 293 g/mol. The number of aryl methyl sites for hydroxylation is 1. The third-order valence-electron chi connectivity index (χ3n) is 3.97. The number of ether oxygens (including phenoxy) is 1. The van der Waals surface area contributed by atoms with E-state index in [2.05, 4.69) is 17.3 Å². The second-order valence-electron chi connectivity index (χ2n) is 5.72. The second kappa shape index (κ2) is 8.17. The Hall–Kier alpha value is -1.36. The molecule has 1 aromatic rings. The normalized spacial score (nSPS) is 17.6. The Morgan fingerprint density at radius 2 is 2.19 bits per heavy atom. The van der Waals surface area contributed by atoms with Crippen LogP contribution >= 0.6 is 0 Å². The summed E-state index contributed by atoms with van der Waals surface area (Å²) >= 11 is 0. The zero-order valence-electron chi connectivity index (χ0n) is 13.2. The monoisotopic (exact) mass is 293 g/mol. The largest absolute Gasteiger partial charge is 0.465 e. The van der Waals surface area contributed by atoms with Crippen molar-refractivity contribution in [3.8, 4) is 0 Å². The molecule has 0 amide bonds. The summed E-state index contributed by atoms with van der Waals surface area (Å²) in [4.78, 5) is 12.3. The zero-order chi connectivity index (χ0) is 15.1. The lowest BCUT2D eigenvalue weighted by Crippen LogP contribution is -2.39. The van der Waals surface area contributed by atoms with E-state index >= 15 is 0 Å². The van der Waals surface area contributed by atoms with Crippen LogP contribution in [0.1, 0.15) is 64.0 Å². The lowest BCUT2D eigenvalue weighted by Gasteiger charge is -2.27. The number of rotatable bonds is 7. The Balaban J connectivity index is 2.07. The number of aromatic nitrogens is 2. The van der Waals surface area contributed by atoms with Crippen LogP contribution in [0.15, 0.2) is 12.4 Å². The summed E-state index contributed by atoms with van der Waals surface area (Å²) in [6.45, 7) is 5.24. The van der Waals surface area contributed by atoms with Crippen LogP contribution in [0.3, 0.4) is 0 Å². The predicted molar refractivity (Wildman–Crippen MR) is 81.9 cm³/mol. The molecule has 0 bridgehead atoms. The van der Waals surface area contributed by atoms with Gasteiger partial charge < -0.3 is 4.74 Å². The van der Waals surface area contributed by atoms with Crippen molar-refractivity contribution >= 4 is 5.97 Å². The summed E-state index contributed by atoms with van der Waals surface area (Å²) < 4.78 is 7.12. The van der Waals surface area contributed by atoms with Crippen molar-refractivity contribution < 1.29 is 9.53 Å². The molecular weight excluding hydrogens is 266 g/mol. The van der Waals surface area contributed by atoms with Gasteiger partial charge in [0, 0.05) is 24.3 Å². The molecule has 5 heteroatoms. The van der Waals surface area contributed by atoms with E-state index in [1.165, 1.54) is 19.3 Å². The van der Waals surface area contributed by atoms with Gasteiger partial charge in [0.05, 0.1) is 12.8 Å². The minimum absolute atomic E-state index is 0.195. The number of esters is 1. The summed E-state index contributed by atoms with van der Waals surface area (Å²) in [6, 6.07) is 0.0151. The number of carbonyl (C=O) groups is 1. The van der Waals surface area contributed by atoms with Gasteiger partial charge in [-0.05, 0) is 26.2 Å². The first-order valence-electron chi connectivity index (χ1n) is 8.19. The molecule has 0 saturated heterocycles. The van der Waals surface area contributed by atoms with Crippen molar-refractivity contribution in [2.45, 2.75) is 71.0 Å². The molecule has 1 fully saturated rings. The Bertz CT molecular complexity index is 438. The number of nitrogens with zero attached hydrogens (tertiary/aromatic N) is 2. The van der Waals surface area contributed by atoms with Crippen LogP contribution in [0.5, 0.6) is 0 Å². The average Bonchev–Trinajstić information content (AvgIpc) is 2.95. The fraction of sp³-hybridized carbons (Fsp3) is 0.750. The molecule has 0 aromatic carbocycles. The van der Waals surface area contributed by atoms with Gasteiger partial charge in [0.15, 0.2) is 0 Å². The van der Waals surface area contributed by atoms with Crippen LogP contribution in [-0.2, 0) is 16.1 Å². The fourth-order valence-electron chi connectivity index (χ4n) is 2.91. The van der Waals surface area contributed by atoms with E-state index in [1.807, 2.05) is 17.8 Å². The van der Waals surface area contributed by atoms with Gasteiger partial charge in [-0.1, -0.05) is 26.2 Å². The number of nitrogens with one attached hydrogen (secondary N) is 1. The number of hydrogen-bond donors (Lipinski definition) is 1. The summed E-state index contributed by atoms with van der Waals surface area (Å²) in [6.07, 6.45) is 10.8. The molecule has 1 unspecified atom stereocenters. The molecule has 1 N–H and O–H groups in total. The molecule has 1 aliphatic rings. The van der Waals surface area contributed by atoms with Crippen molar-refractivity contribution in [2.24, 2.45) is 0 Å². The quantitative estimate of drug-likeness (QED) is 0.785. The maximum atomic E-state index is 12.3. The van der Waals surface area contributed by atoms with Gasteiger partial charge in [-0.25, -0.2) is 4.79 Å². The van der Waals surface area contributed by atoms with E-state index in [-0.39, 0.29) is 5.97 Å². The van der Waals surface area contributed by atoms with Crippen LogP contribution in [0.4, 0.5) is 0 Å². The number of hydrogen-bond acceptors (Lipinski definition) is 4. The van der Waals surface area contributed by atoms with Crippen molar-refractivity contribution in [2.75, 3.05) is 6.61 Å². The first-order chi connectivity index (χ1) is 10.2. The van der Waals surface area contributed by atoms with E-state index in [9.17, 15) is 4.79 Å². The SMILES string of the molecule is CCCn1cc(C(NC2CCCCC2)C(=O)OCC)cn1. The van der Waals surface area contributed by atoms with Gasteiger partial charge in [-0.3, -0.25) is 10.00 Å². The topological polar surface area (TPSA) is 56.2 Å². The maximum Gasteiger partial charge on any atom is 0.327 e. The van der Waals surface area contributed by atoms with E-state index in [1.54, 1.807) is 6.20 Å². The fourth-order valence-corrected chi connectivity index (χ4v) is 2.91. The molecule has 0 spiro atoms. The van der Waals surface area contributed by atoms with Crippen LogP contribution in [0.2, 0.25) is 0 Å². The summed E-state index contributed by atoms with van der Waals surface area (Å²) in [5.41, 5.74) is 0.910. The predicted octanol–water partition coefficient (Wildman–Crippen LogP) is 2.82. The van der Waals surface area contributed by atoms with Crippen molar-refractivity contribution in [3.63, 3.8) is 0 Å². The van der Waals surface area contributed by atoms with Crippen molar-refractivity contribution in [3.05, 3.63) is 18.0 Å². The summed E-state index contributed by atoms with van der Waals surface area (Å²) in [7, 11) is 0. The van der Waals surface area contributed by atoms with Gasteiger partial charge in [-0.15, -0.1) is 0 Å². The Kier molecular flexibility index (Phi) is 6.23. The molecule has 118 valence electrons. The van der Waals surface area contributed by atoms with Crippen LogP contribution in [-0.4, -0.2) is 28.4 Å². The van der Waals surface area contributed by atoms with E-state index < -0.39 is 6.04 Å². The first kappa shape index (κ1) is 16.0. The van der Waals surface area contributed by atoms with Crippen LogP contribution in [0.25, 0.3) is 0 Å². The molecule has 5 nitrogen and oxygen atoms in total. The van der Waals surface area contributed by atoms with Crippen LogP contribution in [0, 0.1) is 0 Å². The molecule has 1 aromatic heterocycles. The Morgan fingerprint density at radius 1 is 1.43 bits per heavy atom. The van der Waals surface area contributed by atoms with E-state index in [0.717, 1.165) is 31.4 Å². The molecule has 2 rings (SSSR count). The second-order valence-corrected chi connectivity index (χ2v) is 5.72. The highest BCUT2D eigenvalue weighted by Crippen LogP contribution is 2.22. The highest BCUT2D eigenvalue weighted by atomic mass is 16.5. The highest BCUT2D eigenvalue weighted by molar-refractivity contribution is 5.77. The van der Waals surface area contributed by atoms with Crippen LogP contribution < -0.4 is 5.32 Å². The Labute approximate surface area is 127 Å². The Morgan fingerprint density at radius 3 is 2.86 bits per heavy atom. The molecule has 21 heavy (non-hydrogen) atoms. The van der Waals surface area contributed by atoms with Gasteiger partial charge in [0.1, 0.15) is 6.04 Å². The molecule has 1 heterocycles. The molecular formula is C16H27N3O2. The van der Waals surface area contributed by atoms with E-state index in [4.69, 9.17) is 4.74 Å². The van der Waals surface area contributed by atoms with Gasteiger partial charge in [-0.2, -0.15) is 5.10 Å². The maximum absolute atomic E-state index is 12.3. The standard InChI is InChI=1S/C16H27N3O2/c1-3-10-19-12-13(11-17-19)15(16(20)21-4-2)18-14-8-6-5-7-9-14/h11-12,14-15,18H,3-10H2,1-2H3. The molecule has 0 radical (unpaired) electrons. The van der Waals surface area contributed by atoms with Gasteiger partial charge in [0.25, 0.3) is 0 Å². The third-order valence-corrected chi connectivity index (χ3v) is 3.97. The molecule has 0 aliphatic heterocycles. The minimum atomic E-state index is -0.390.